The summed E-state index contributed by atoms with van der Waals surface area (Å²) < 4.78 is 2.79. The summed E-state index contributed by atoms with van der Waals surface area (Å²) in [5, 5.41) is 7.72. The standard InChI is InChI=1S/C12H13BrN4/c13-10-6-16-17(8-10)12-3-9(4-14-7-12)5-15-11-1-2-11/h3-4,6-8,11,15H,1-2,5H2. The van der Waals surface area contributed by atoms with Crippen LogP contribution in [0.5, 0.6) is 0 Å². The predicted octanol–water partition coefficient (Wildman–Crippen LogP) is 2.28. The van der Waals surface area contributed by atoms with Crippen molar-refractivity contribution in [3.63, 3.8) is 0 Å². The second-order valence-corrected chi connectivity index (χ2v) is 5.23. The summed E-state index contributed by atoms with van der Waals surface area (Å²) >= 11 is 3.39. The Labute approximate surface area is 108 Å². The van der Waals surface area contributed by atoms with Crippen molar-refractivity contribution in [1.29, 1.82) is 0 Å². The summed E-state index contributed by atoms with van der Waals surface area (Å²) in [7, 11) is 0. The summed E-state index contributed by atoms with van der Waals surface area (Å²) in [5.41, 5.74) is 2.19. The molecule has 1 saturated carbocycles. The van der Waals surface area contributed by atoms with E-state index in [1.165, 1.54) is 18.4 Å². The molecule has 3 rings (SSSR count). The number of halogens is 1. The predicted molar refractivity (Wildman–Crippen MR) is 68.9 cm³/mol. The molecular formula is C12H13BrN4. The van der Waals surface area contributed by atoms with E-state index in [-0.39, 0.29) is 0 Å². The number of hydrogen-bond donors (Lipinski definition) is 1. The maximum atomic E-state index is 4.25. The smallest absolute Gasteiger partial charge is 0.0832 e. The Balaban J connectivity index is 1.77. The zero-order valence-corrected chi connectivity index (χ0v) is 10.9. The average molecular weight is 293 g/mol. The third kappa shape index (κ3) is 2.73. The Bertz CT molecular complexity index is 519. The van der Waals surface area contributed by atoms with Crippen molar-refractivity contribution >= 4 is 15.9 Å². The van der Waals surface area contributed by atoms with Crippen LogP contribution in [0.4, 0.5) is 0 Å². The number of rotatable bonds is 4. The number of pyridine rings is 1. The van der Waals surface area contributed by atoms with Gasteiger partial charge in [-0.15, -0.1) is 0 Å². The zero-order chi connectivity index (χ0) is 11.7. The molecule has 88 valence electrons. The molecule has 0 spiro atoms. The van der Waals surface area contributed by atoms with E-state index >= 15 is 0 Å². The lowest BCUT2D eigenvalue weighted by molar-refractivity contribution is 0.684. The van der Waals surface area contributed by atoms with Crippen LogP contribution in [0.25, 0.3) is 5.69 Å². The molecule has 4 nitrogen and oxygen atoms in total. The van der Waals surface area contributed by atoms with Gasteiger partial charge in [-0.3, -0.25) is 4.98 Å². The first kappa shape index (κ1) is 10.9. The fourth-order valence-electron chi connectivity index (χ4n) is 1.69. The quantitative estimate of drug-likeness (QED) is 0.940. The molecule has 0 atom stereocenters. The molecule has 0 amide bonds. The van der Waals surface area contributed by atoms with E-state index in [0.717, 1.165) is 22.7 Å². The zero-order valence-electron chi connectivity index (χ0n) is 9.31. The van der Waals surface area contributed by atoms with Crippen molar-refractivity contribution in [2.75, 3.05) is 0 Å². The normalized spacial score (nSPS) is 15.1. The molecule has 0 radical (unpaired) electrons. The Morgan fingerprint density at radius 3 is 2.94 bits per heavy atom. The van der Waals surface area contributed by atoms with Gasteiger partial charge in [-0.2, -0.15) is 5.10 Å². The molecule has 0 saturated heterocycles. The summed E-state index contributed by atoms with van der Waals surface area (Å²) in [6.45, 7) is 0.883. The van der Waals surface area contributed by atoms with Crippen LogP contribution in [0.3, 0.4) is 0 Å². The van der Waals surface area contributed by atoms with Crippen LogP contribution in [0.2, 0.25) is 0 Å². The topological polar surface area (TPSA) is 42.7 Å². The van der Waals surface area contributed by atoms with Gasteiger partial charge in [0.25, 0.3) is 0 Å². The van der Waals surface area contributed by atoms with E-state index in [1.54, 1.807) is 6.20 Å². The number of nitrogens with zero attached hydrogens (tertiary/aromatic N) is 3. The molecule has 0 bridgehead atoms. The van der Waals surface area contributed by atoms with Gasteiger partial charge in [0, 0.05) is 25.0 Å². The highest BCUT2D eigenvalue weighted by Crippen LogP contribution is 2.19. The van der Waals surface area contributed by atoms with Crippen LogP contribution < -0.4 is 5.32 Å². The van der Waals surface area contributed by atoms with Crippen LogP contribution in [-0.4, -0.2) is 20.8 Å². The minimum Gasteiger partial charge on any atom is -0.310 e. The van der Waals surface area contributed by atoms with Crippen molar-refractivity contribution in [2.45, 2.75) is 25.4 Å². The van der Waals surface area contributed by atoms with E-state index in [9.17, 15) is 0 Å². The first-order valence-electron chi connectivity index (χ1n) is 5.69. The Morgan fingerprint density at radius 1 is 1.35 bits per heavy atom. The van der Waals surface area contributed by atoms with Gasteiger partial charge in [-0.05, 0) is 40.4 Å². The molecule has 1 fully saturated rings. The van der Waals surface area contributed by atoms with Crippen molar-refractivity contribution in [2.24, 2.45) is 0 Å². The van der Waals surface area contributed by atoms with Crippen LogP contribution in [0.15, 0.2) is 35.3 Å². The molecule has 2 heterocycles. The third-order valence-corrected chi connectivity index (χ3v) is 3.18. The van der Waals surface area contributed by atoms with Gasteiger partial charge < -0.3 is 5.32 Å². The molecular weight excluding hydrogens is 280 g/mol. The van der Waals surface area contributed by atoms with Gasteiger partial charge in [0.1, 0.15) is 0 Å². The van der Waals surface area contributed by atoms with Gasteiger partial charge in [-0.25, -0.2) is 4.68 Å². The monoisotopic (exact) mass is 292 g/mol. The number of nitrogens with one attached hydrogen (secondary N) is 1. The van der Waals surface area contributed by atoms with Crippen molar-refractivity contribution < 1.29 is 0 Å². The fraction of sp³-hybridized carbons (Fsp3) is 0.333. The molecule has 0 unspecified atom stereocenters. The molecule has 0 aromatic carbocycles. The van der Waals surface area contributed by atoms with Gasteiger partial charge in [0.05, 0.1) is 22.6 Å². The van der Waals surface area contributed by atoms with Crippen LogP contribution >= 0.6 is 15.9 Å². The van der Waals surface area contributed by atoms with Gasteiger partial charge in [0.2, 0.25) is 0 Å². The van der Waals surface area contributed by atoms with Crippen LogP contribution in [0.1, 0.15) is 18.4 Å². The lowest BCUT2D eigenvalue weighted by Crippen LogP contribution is -2.15. The molecule has 1 aliphatic rings. The fourth-order valence-corrected chi connectivity index (χ4v) is 1.97. The number of hydrogen-bond acceptors (Lipinski definition) is 3. The summed E-state index contributed by atoms with van der Waals surface area (Å²) in [6, 6.07) is 2.83. The van der Waals surface area contributed by atoms with Crippen molar-refractivity contribution in [3.05, 3.63) is 40.9 Å². The van der Waals surface area contributed by atoms with Crippen molar-refractivity contribution in [1.82, 2.24) is 20.1 Å². The maximum absolute atomic E-state index is 4.25. The molecule has 0 aliphatic heterocycles. The molecule has 17 heavy (non-hydrogen) atoms. The summed E-state index contributed by atoms with van der Waals surface area (Å²) in [4.78, 5) is 4.25. The second-order valence-electron chi connectivity index (χ2n) is 4.31. The molecule has 1 aliphatic carbocycles. The van der Waals surface area contributed by atoms with Gasteiger partial charge >= 0.3 is 0 Å². The largest absolute Gasteiger partial charge is 0.310 e. The highest BCUT2D eigenvalue weighted by Gasteiger charge is 2.19. The third-order valence-electron chi connectivity index (χ3n) is 2.77. The lowest BCUT2D eigenvalue weighted by atomic mass is 10.2. The Morgan fingerprint density at radius 2 is 2.24 bits per heavy atom. The van der Waals surface area contributed by atoms with E-state index < -0.39 is 0 Å². The molecule has 1 N–H and O–H groups in total. The van der Waals surface area contributed by atoms with E-state index in [0.29, 0.717) is 0 Å². The van der Waals surface area contributed by atoms with Crippen molar-refractivity contribution in [3.8, 4) is 5.69 Å². The SMILES string of the molecule is Brc1cnn(-c2cncc(CNC3CC3)c2)c1. The first-order chi connectivity index (χ1) is 8.31. The van der Waals surface area contributed by atoms with E-state index in [1.807, 2.05) is 23.3 Å². The lowest BCUT2D eigenvalue weighted by Gasteiger charge is -2.05. The maximum Gasteiger partial charge on any atom is 0.0832 e. The van der Waals surface area contributed by atoms with Crippen LogP contribution in [-0.2, 0) is 6.54 Å². The van der Waals surface area contributed by atoms with E-state index in [4.69, 9.17) is 0 Å². The molecule has 5 heteroatoms. The minimum absolute atomic E-state index is 0.720. The highest BCUT2D eigenvalue weighted by molar-refractivity contribution is 9.10. The minimum atomic E-state index is 0.720. The Kier molecular flexibility index (Phi) is 2.94. The summed E-state index contributed by atoms with van der Waals surface area (Å²) in [6.07, 6.45) is 10.0. The second kappa shape index (κ2) is 4.58. The van der Waals surface area contributed by atoms with E-state index in [2.05, 4.69) is 37.4 Å². The average Bonchev–Trinajstić information content (AvgIpc) is 3.08. The Hall–Kier alpha value is -1.20. The molecule has 2 aromatic heterocycles. The van der Waals surface area contributed by atoms with Gasteiger partial charge in [0.15, 0.2) is 0 Å². The first-order valence-corrected chi connectivity index (χ1v) is 6.48. The molecule has 2 aromatic rings. The van der Waals surface area contributed by atoms with Crippen LogP contribution in [0, 0.1) is 0 Å². The summed E-state index contributed by atoms with van der Waals surface area (Å²) in [5.74, 6) is 0. The highest BCUT2D eigenvalue weighted by atomic mass is 79.9. The number of aromatic nitrogens is 3. The van der Waals surface area contributed by atoms with Gasteiger partial charge in [-0.1, -0.05) is 0 Å².